The second-order valence-electron chi connectivity index (χ2n) is 26.5. The predicted octanol–water partition coefficient (Wildman–Crippen LogP) is 18.5. The summed E-state index contributed by atoms with van der Waals surface area (Å²) in [6.07, 6.45) is 1.81. The normalized spacial score (nSPS) is 15.9. The maximum Gasteiger partial charge on any atom is 0.265 e. The molecule has 8 rings (SSSR count). The number of rotatable bonds is 24. The third kappa shape index (κ3) is 16.5. The smallest absolute Gasteiger partial charge is 0.265 e. The van der Waals surface area contributed by atoms with Crippen LogP contribution in [0.15, 0.2) is 119 Å². The summed E-state index contributed by atoms with van der Waals surface area (Å²) >= 11 is 39.5. The van der Waals surface area contributed by atoms with E-state index >= 15 is 9.59 Å². The van der Waals surface area contributed by atoms with Crippen molar-refractivity contribution in [1.29, 1.82) is 0 Å². The molecule has 2 aliphatic rings. The highest BCUT2D eigenvalue weighted by Gasteiger charge is 2.47. The molecule has 6 aromatic carbocycles. The number of amides is 6. The van der Waals surface area contributed by atoms with Gasteiger partial charge >= 0.3 is 0 Å². The molecule has 22 heteroatoms. The van der Waals surface area contributed by atoms with E-state index in [0.717, 1.165) is 46.8 Å². The summed E-state index contributed by atoms with van der Waals surface area (Å²) in [6, 6.07) is 30.0. The van der Waals surface area contributed by atoms with Crippen molar-refractivity contribution >= 4 is 139 Å². The predicted molar refractivity (Wildman–Crippen MR) is 385 cm³/mol. The highest BCUT2D eigenvalue weighted by Crippen LogP contribution is 2.45. The second-order valence-corrected chi connectivity index (χ2v) is 29.0. The maximum atomic E-state index is 15.1. The molecule has 0 saturated carbocycles. The molecule has 2 aliphatic heterocycles. The molecule has 6 amide bonds. The third-order valence-corrected chi connectivity index (χ3v) is 20.2. The van der Waals surface area contributed by atoms with Gasteiger partial charge in [0.25, 0.3) is 35.4 Å². The topological polar surface area (TPSA) is 200 Å². The Kier molecular flexibility index (Phi) is 23.3. The fourth-order valence-electron chi connectivity index (χ4n) is 10.9. The lowest BCUT2D eigenvalue weighted by molar-refractivity contribution is -0.123. The number of halogens is 6. The molecule has 0 aliphatic carbocycles. The minimum Gasteiger partial charge on any atom is -0.480 e. The van der Waals surface area contributed by atoms with Crippen molar-refractivity contribution in [3.8, 4) is 11.5 Å². The molecule has 6 aromatic rings. The van der Waals surface area contributed by atoms with Crippen molar-refractivity contribution in [2.24, 2.45) is 22.0 Å². The Bertz CT molecular complexity index is 3740. The molecule has 0 radical (unpaired) electrons. The van der Waals surface area contributed by atoms with Crippen LogP contribution in [0.3, 0.4) is 0 Å². The van der Waals surface area contributed by atoms with Crippen molar-refractivity contribution < 1.29 is 38.2 Å². The van der Waals surface area contributed by atoms with Crippen LogP contribution in [-0.2, 0) is 40.8 Å². The molecule has 504 valence electrons. The summed E-state index contributed by atoms with van der Waals surface area (Å²) in [6.45, 7) is 29.6. The van der Waals surface area contributed by atoms with Gasteiger partial charge in [-0.05, 0) is 151 Å². The number of hydrogen-bond acceptors (Lipinski definition) is 10. The van der Waals surface area contributed by atoms with Crippen LogP contribution in [0.5, 0.6) is 11.5 Å². The third-order valence-electron chi connectivity index (χ3n) is 18.6. The van der Waals surface area contributed by atoms with Gasteiger partial charge in [0.2, 0.25) is 0 Å². The first-order valence-electron chi connectivity index (χ1n) is 31.9. The van der Waals surface area contributed by atoms with E-state index in [4.69, 9.17) is 79.1 Å². The van der Waals surface area contributed by atoms with Crippen molar-refractivity contribution in [1.82, 2.24) is 10.6 Å². The van der Waals surface area contributed by atoms with Gasteiger partial charge in [-0.25, -0.2) is 0 Å². The maximum absolute atomic E-state index is 15.1. The lowest BCUT2D eigenvalue weighted by Crippen LogP contribution is -2.42. The lowest BCUT2D eigenvalue weighted by atomic mass is 9.76. The zero-order valence-electron chi connectivity index (χ0n) is 56.0. The average Bonchev–Trinajstić information content (AvgIpc) is 1.67. The van der Waals surface area contributed by atoms with Crippen LogP contribution < -0.4 is 40.8 Å². The number of nitrogens with one attached hydrogen (secondary N) is 4. The monoisotopic (exact) mass is 1410 g/mol. The number of nitrogens with zero attached hydrogens (tertiary/aromatic N) is 4. The van der Waals surface area contributed by atoms with Gasteiger partial charge in [0.1, 0.15) is 46.4 Å². The Hall–Kier alpha value is -7.18. The van der Waals surface area contributed by atoms with Gasteiger partial charge < -0.3 is 30.7 Å². The molecular weight excluding hydrogens is 1330 g/mol. The van der Waals surface area contributed by atoms with E-state index < -0.39 is 65.9 Å². The SMILES string of the molecule is CCC(Oc1ccc(C(C)(C)CC)cc1C(C)(C)CC)C(=O)Nc1cccc(C(=O)NC2=NN(c3c(Cl)cc(Cl)cc3Cl)C(=O)C2CC2C(=O)N(c3c(Cl)cc(Cl)cc3Cl)N=C2NC(=O)c2cccc(NC(=O)C(CC)Oc3ccc(C(C)(C)CC)cc3C(C)(C)CC)c2)c1. The van der Waals surface area contributed by atoms with Crippen LogP contribution in [0.1, 0.15) is 185 Å². The number of amidine groups is 2. The molecule has 95 heavy (non-hydrogen) atoms. The summed E-state index contributed by atoms with van der Waals surface area (Å²) in [7, 11) is 0. The number of hydrogen-bond donors (Lipinski definition) is 4. The molecule has 4 atom stereocenters. The molecule has 0 spiro atoms. The first kappa shape index (κ1) is 73.6. The van der Waals surface area contributed by atoms with Gasteiger partial charge in [-0.1, -0.05) is 203 Å². The van der Waals surface area contributed by atoms with Gasteiger partial charge in [0.05, 0.1) is 20.1 Å². The molecule has 0 bridgehead atoms. The van der Waals surface area contributed by atoms with E-state index in [1.807, 2.05) is 38.1 Å². The van der Waals surface area contributed by atoms with E-state index in [2.05, 4.69) is 127 Å². The van der Waals surface area contributed by atoms with Gasteiger partial charge in [-0.3, -0.25) is 28.8 Å². The van der Waals surface area contributed by atoms with E-state index in [1.165, 1.54) is 59.7 Å². The number of carbonyl (C=O) groups is 6. The minimum absolute atomic E-state index is 0.0417. The van der Waals surface area contributed by atoms with Gasteiger partial charge in [0, 0.05) is 43.7 Å². The summed E-state index contributed by atoms with van der Waals surface area (Å²) < 4.78 is 13.1. The summed E-state index contributed by atoms with van der Waals surface area (Å²) in [5, 5.41) is 22.4. The fourth-order valence-corrected chi connectivity index (χ4v) is 12.8. The molecule has 0 saturated heterocycles. The number of hydrazone groups is 2. The molecule has 0 aromatic heterocycles. The van der Waals surface area contributed by atoms with Crippen molar-refractivity contribution in [3.05, 3.63) is 173 Å². The molecule has 0 fully saturated rings. The number of anilines is 4. The summed E-state index contributed by atoms with van der Waals surface area (Å²) in [4.78, 5) is 87.6. The Morgan fingerprint density at radius 2 is 0.800 bits per heavy atom. The minimum atomic E-state index is -1.48. The number of ether oxygens (including phenoxy) is 2. The molecule has 4 N–H and O–H groups in total. The second kappa shape index (κ2) is 30.1. The first-order valence-corrected chi connectivity index (χ1v) is 34.2. The van der Waals surface area contributed by atoms with E-state index in [9.17, 15) is 19.2 Å². The van der Waals surface area contributed by atoms with Crippen LogP contribution in [0, 0.1) is 11.8 Å². The van der Waals surface area contributed by atoms with E-state index in [-0.39, 0.29) is 97.3 Å². The Labute approximate surface area is 587 Å². The lowest BCUT2D eigenvalue weighted by Gasteiger charge is -2.31. The van der Waals surface area contributed by atoms with E-state index in [1.54, 1.807) is 24.3 Å². The summed E-state index contributed by atoms with van der Waals surface area (Å²) in [5.41, 5.74) is 4.05. The standard InChI is InChI=1S/C73H82Cl6N8O8/c1-15-56(94-58-29-27-42(70(7,8)17-3)33-50(58)72(11,12)19-5)66(90)80-46-25-21-23-40(31-46)64(88)82-62-48(68(92)86(84-62)60-52(76)35-44(74)36-53(60)77)39-49-63(85-87(69(49)93)61-54(78)37-45(75)38-55(61)79)83-65(89)41-24-22-26-47(32-41)81-67(91)57(16-2)95-59-30-28-43(71(9,10)18-4)34-51(59)73(13,14)20-6/h21-38,48-49,56-57H,15-20,39H2,1-14H3,(H,80,90)(H,81,91)(H,82,84,88)(H,83,85,89). The van der Waals surface area contributed by atoms with Crippen LogP contribution in [0.4, 0.5) is 22.7 Å². The van der Waals surface area contributed by atoms with Gasteiger partial charge in [-0.2, -0.15) is 20.2 Å². The van der Waals surface area contributed by atoms with Crippen molar-refractivity contribution in [3.63, 3.8) is 0 Å². The fraction of sp³-hybridized carbons (Fsp3) is 0.397. The Balaban J connectivity index is 1.07. The van der Waals surface area contributed by atoms with E-state index in [0.29, 0.717) is 24.3 Å². The first-order chi connectivity index (χ1) is 44.7. The zero-order valence-corrected chi connectivity index (χ0v) is 60.5. The Morgan fingerprint density at radius 1 is 0.463 bits per heavy atom. The average molecular weight is 1410 g/mol. The van der Waals surface area contributed by atoms with Gasteiger partial charge in [0.15, 0.2) is 12.2 Å². The van der Waals surface area contributed by atoms with Crippen LogP contribution >= 0.6 is 69.6 Å². The zero-order chi connectivity index (χ0) is 69.8. The molecule has 16 nitrogen and oxygen atoms in total. The highest BCUT2D eigenvalue weighted by atomic mass is 35.5. The van der Waals surface area contributed by atoms with Crippen LogP contribution in [0.2, 0.25) is 30.1 Å². The quantitative estimate of drug-likeness (QED) is 0.0458. The summed E-state index contributed by atoms with van der Waals surface area (Å²) in [5.74, 6) is -6.31. The molecule has 4 unspecified atom stereocenters. The van der Waals surface area contributed by atoms with Crippen molar-refractivity contribution in [2.45, 2.75) is 176 Å². The van der Waals surface area contributed by atoms with Crippen LogP contribution in [0.25, 0.3) is 0 Å². The Morgan fingerprint density at radius 3 is 1.12 bits per heavy atom. The van der Waals surface area contributed by atoms with Crippen LogP contribution in [-0.4, -0.2) is 59.3 Å². The molecule has 2 heterocycles. The highest BCUT2D eigenvalue weighted by molar-refractivity contribution is 6.44. The number of carbonyl (C=O) groups excluding carboxylic acids is 6. The molecular formula is C73H82Cl6N8O8. The number of benzene rings is 6. The van der Waals surface area contributed by atoms with Gasteiger partial charge in [-0.15, -0.1) is 0 Å². The van der Waals surface area contributed by atoms with Crippen molar-refractivity contribution in [2.75, 3.05) is 20.7 Å². The largest absolute Gasteiger partial charge is 0.480 e.